The first-order valence-electron chi connectivity index (χ1n) is 7.64. The molecule has 0 amide bonds. The molecule has 21 heavy (non-hydrogen) atoms. The van der Waals surface area contributed by atoms with Crippen LogP contribution < -0.4 is 0 Å². The number of unbranched alkanes of at least 4 members (excludes halogenated alkanes) is 2. The molecular formula is C18H28O3. The molecule has 0 heterocycles. The topological polar surface area (TPSA) is 57.5 Å². The second-order valence-corrected chi connectivity index (χ2v) is 4.85. The number of hydrogen-bond acceptors (Lipinski definition) is 2. The highest BCUT2D eigenvalue weighted by molar-refractivity contribution is 5.66. The Morgan fingerprint density at radius 2 is 1.62 bits per heavy atom. The zero-order chi connectivity index (χ0) is 15.8. The van der Waals surface area contributed by atoms with Crippen molar-refractivity contribution in [3.05, 3.63) is 48.6 Å². The molecule has 0 aromatic carbocycles. The zero-order valence-corrected chi connectivity index (χ0v) is 12.9. The third kappa shape index (κ3) is 16.3. The Bertz CT molecular complexity index is 365. The van der Waals surface area contributed by atoms with Gasteiger partial charge in [-0.15, -0.1) is 0 Å². The molecule has 0 aliphatic rings. The van der Waals surface area contributed by atoms with Gasteiger partial charge in [0.15, 0.2) is 0 Å². The molecule has 0 bridgehead atoms. The van der Waals surface area contributed by atoms with Crippen LogP contribution in [0, 0.1) is 0 Å². The quantitative estimate of drug-likeness (QED) is 0.414. The summed E-state index contributed by atoms with van der Waals surface area (Å²) in [6.45, 7) is 1.90. The van der Waals surface area contributed by atoms with Gasteiger partial charge in [0.25, 0.3) is 0 Å². The molecule has 0 aromatic heterocycles. The van der Waals surface area contributed by atoms with Crippen molar-refractivity contribution < 1.29 is 15.0 Å². The van der Waals surface area contributed by atoms with Gasteiger partial charge in [-0.05, 0) is 45.4 Å². The molecule has 3 heteroatoms. The number of aliphatic hydroxyl groups excluding tert-OH is 1. The van der Waals surface area contributed by atoms with Gasteiger partial charge in [-0.25, -0.2) is 0 Å². The third-order valence-electron chi connectivity index (χ3n) is 2.85. The van der Waals surface area contributed by atoms with E-state index in [1.54, 1.807) is 6.08 Å². The maximum atomic E-state index is 10.3. The van der Waals surface area contributed by atoms with E-state index in [4.69, 9.17) is 5.11 Å². The third-order valence-corrected chi connectivity index (χ3v) is 2.85. The summed E-state index contributed by atoms with van der Waals surface area (Å²) in [4.78, 5) is 10.3. The summed E-state index contributed by atoms with van der Waals surface area (Å²) >= 11 is 0. The highest BCUT2D eigenvalue weighted by atomic mass is 16.4. The number of carboxylic acid groups (broad SMARTS) is 1. The lowest BCUT2D eigenvalue weighted by atomic mass is 10.2. The maximum absolute atomic E-state index is 10.3. The van der Waals surface area contributed by atoms with E-state index in [1.807, 2.05) is 19.1 Å². The normalized spacial score (nSPS) is 14.0. The number of hydrogen-bond donors (Lipinski definition) is 2. The van der Waals surface area contributed by atoms with Crippen LogP contribution in [-0.4, -0.2) is 22.3 Å². The minimum absolute atomic E-state index is 0.267. The first-order valence-corrected chi connectivity index (χ1v) is 7.64. The van der Waals surface area contributed by atoms with E-state index in [9.17, 15) is 9.90 Å². The molecule has 0 aliphatic carbocycles. The van der Waals surface area contributed by atoms with Crippen molar-refractivity contribution in [1.82, 2.24) is 0 Å². The van der Waals surface area contributed by atoms with Gasteiger partial charge >= 0.3 is 5.97 Å². The summed E-state index contributed by atoms with van der Waals surface area (Å²) in [5.41, 5.74) is 0. The van der Waals surface area contributed by atoms with Gasteiger partial charge in [-0.3, -0.25) is 4.79 Å². The maximum Gasteiger partial charge on any atom is 0.303 e. The second-order valence-electron chi connectivity index (χ2n) is 4.85. The number of allylic oxidation sites excluding steroid dienone is 6. The average molecular weight is 292 g/mol. The van der Waals surface area contributed by atoms with Crippen molar-refractivity contribution in [3.8, 4) is 0 Å². The molecule has 0 rings (SSSR count). The van der Waals surface area contributed by atoms with Gasteiger partial charge in [0.2, 0.25) is 0 Å². The molecule has 3 nitrogen and oxygen atoms in total. The molecule has 0 spiro atoms. The SMILES string of the molecule is CC=CC(O)CC=CCC=CCC=CCCCCC(=O)O. The van der Waals surface area contributed by atoms with Crippen LogP contribution in [0.5, 0.6) is 0 Å². The fourth-order valence-corrected chi connectivity index (χ4v) is 1.73. The lowest BCUT2D eigenvalue weighted by Crippen LogP contribution is -1.98. The second kappa shape index (κ2) is 14.8. The van der Waals surface area contributed by atoms with Crippen LogP contribution in [0.2, 0.25) is 0 Å². The molecule has 0 aromatic rings. The summed E-state index contributed by atoms with van der Waals surface area (Å²) in [6, 6.07) is 0. The first-order chi connectivity index (χ1) is 10.2. The predicted octanol–water partition coefficient (Wildman–Crippen LogP) is 4.41. The van der Waals surface area contributed by atoms with Crippen molar-refractivity contribution in [2.45, 2.75) is 58.0 Å². The fourth-order valence-electron chi connectivity index (χ4n) is 1.73. The zero-order valence-electron chi connectivity index (χ0n) is 12.9. The predicted molar refractivity (Wildman–Crippen MR) is 88.2 cm³/mol. The highest BCUT2D eigenvalue weighted by Crippen LogP contribution is 2.02. The van der Waals surface area contributed by atoms with Crippen LogP contribution in [0.3, 0.4) is 0 Å². The van der Waals surface area contributed by atoms with Gasteiger partial charge in [-0.1, -0.05) is 48.6 Å². The van der Waals surface area contributed by atoms with E-state index in [0.29, 0.717) is 6.42 Å². The molecule has 0 saturated heterocycles. The summed E-state index contributed by atoms with van der Waals surface area (Å²) in [7, 11) is 0. The van der Waals surface area contributed by atoms with Crippen molar-refractivity contribution in [2.24, 2.45) is 0 Å². The summed E-state index contributed by atoms with van der Waals surface area (Å²) < 4.78 is 0. The lowest BCUT2D eigenvalue weighted by molar-refractivity contribution is -0.137. The highest BCUT2D eigenvalue weighted by Gasteiger charge is 1.94. The number of rotatable bonds is 12. The standard InChI is InChI=1S/C18H28O3/c1-2-14-17(19)15-12-10-8-6-4-3-5-7-9-11-13-16-18(20)21/h2,4-7,10,12,14,17,19H,3,8-9,11,13,15-16H2,1H3,(H,20,21). The minimum Gasteiger partial charge on any atom is -0.481 e. The van der Waals surface area contributed by atoms with E-state index >= 15 is 0 Å². The molecule has 118 valence electrons. The van der Waals surface area contributed by atoms with E-state index < -0.39 is 5.97 Å². The van der Waals surface area contributed by atoms with E-state index in [2.05, 4.69) is 30.4 Å². The summed E-state index contributed by atoms with van der Waals surface area (Å²) in [6.07, 6.45) is 21.1. The number of aliphatic carboxylic acids is 1. The molecule has 2 N–H and O–H groups in total. The number of carboxylic acids is 1. The fraction of sp³-hybridized carbons (Fsp3) is 0.500. The van der Waals surface area contributed by atoms with Crippen molar-refractivity contribution in [3.63, 3.8) is 0 Å². The molecule has 1 unspecified atom stereocenters. The van der Waals surface area contributed by atoms with E-state index in [0.717, 1.165) is 32.1 Å². The lowest BCUT2D eigenvalue weighted by Gasteiger charge is -1.98. The number of carbonyl (C=O) groups is 1. The largest absolute Gasteiger partial charge is 0.481 e. The van der Waals surface area contributed by atoms with Crippen LogP contribution in [0.15, 0.2) is 48.6 Å². The molecule has 0 saturated carbocycles. The van der Waals surface area contributed by atoms with Gasteiger partial charge in [0, 0.05) is 6.42 Å². The Labute approximate surface area is 128 Å². The van der Waals surface area contributed by atoms with Crippen molar-refractivity contribution >= 4 is 5.97 Å². The Morgan fingerprint density at radius 1 is 1.00 bits per heavy atom. The summed E-state index contributed by atoms with van der Waals surface area (Å²) in [5.74, 6) is -0.715. The Balaban J connectivity index is 3.47. The van der Waals surface area contributed by atoms with Gasteiger partial charge < -0.3 is 10.2 Å². The van der Waals surface area contributed by atoms with Crippen LogP contribution in [0.4, 0.5) is 0 Å². The molecule has 0 radical (unpaired) electrons. The first kappa shape index (κ1) is 19.4. The van der Waals surface area contributed by atoms with E-state index in [-0.39, 0.29) is 12.5 Å². The minimum atomic E-state index is -0.715. The van der Waals surface area contributed by atoms with Crippen LogP contribution in [0.25, 0.3) is 0 Å². The molecular weight excluding hydrogens is 264 g/mol. The van der Waals surface area contributed by atoms with E-state index in [1.165, 1.54) is 0 Å². The molecule has 1 atom stereocenters. The van der Waals surface area contributed by atoms with Gasteiger partial charge in [-0.2, -0.15) is 0 Å². The monoisotopic (exact) mass is 292 g/mol. The Kier molecular flexibility index (Phi) is 13.7. The smallest absolute Gasteiger partial charge is 0.303 e. The van der Waals surface area contributed by atoms with Crippen LogP contribution in [0.1, 0.15) is 51.9 Å². The van der Waals surface area contributed by atoms with Crippen LogP contribution >= 0.6 is 0 Å². The molecule has 0 aliphatic heterocycles. The van der Waals surface area contributed by atoms with Gasteiger partial charge in [0.05, 0.1) is 6.10 Å². The van der Waals surface area contributed by atoms with Crippen molar-refractivity contribution in [1.29, 1.82) is 0 Å². The summed E-state index contributed by atoms with van der Waals surface area (Å²) in [5, 5.41) is 17.9. The number of aliphatic hydroxyl groups is 1. The average Bonchev–Trinajstić information content (AvgIpc) is 2.44. The van der Waals surface area contributed by atoms with Gasteiger partial charge in [0.1, 0.15) is 0 Å². The van der Waals surface area contributed by atoms with Crippen molar-refractivity contribution in [2.75, 3.05) is 0 Å². The Morgan fingerprint density at radius 3 is 2.24 bits per heavy atom. The molecule has 0 fully saturated rings. The van der Waals surface area contributed by atoms with Crippen LogP contribution in [-0.2, 0) is 4.79 Å². The Hall–Kier alpha value is -1.61.